The summed E-state index contributed by atoms with van der Waals surface area (Å²) in [6.45, 7) is 0. The van der Waals surface area contributed by atoms with Crippen molar-refractivity contribution in [3.8, 4) is 0 Å². The van der Waals surface area contributed by atoms with Crippen molar-refractivity contribution in [1.82, 2.24) is 5.16 Å². The number of benzene rings is 1. The summed E-state index contributed by atoms with van der Waals surface area (Å²) in [5, 5.41) is 7.80. The number of anilines is 1. The van der Waals surface area contributed by atoms with Crippen LogP contribution in [0.25, 0.3) is 11.0 Å². The number of rotatable bonds is 1. The SMILES string of the molecule is CNc1noc2ccccc12. The van der Waals surface area contributed by atoms with Crippen molar-refractivity contribution in [3.05, 3.63) is 24.3 Å². The molecule has 0 aliphatic rings. The van der Waals surface area contributed by atoms with Crippen LogP contribution in [0.4, 0.5) is 5.82 Å². The van der Waals surface area contributed by atoms with Crippen LogP contribution in [0.15, 0.2) is 28.8 Å². The molecule has 0 bridgehead atoms. The summed E-state index contributed by atoms with van der Waals surface area (Å²) in [5.41, 5.74) is 0.817. The van der Waals surface area contributed by atoms with Gasteiger partial charge in [0, 0.05) is 7.05 Å². The van der Waals surface area contributed by atoms with Crippen molar-refractivity contribution in [3.63, 3.8) is 0 Å². The predicted octanol–water partition coefficient (Wildman–Crippen LogP) is 1.87. The van der Waals surface area contributed by atoms with E-state index in [0.29, 0.717) is 0 Å². The van der Waals surface area contributed by atoms with E-state index >= 15 is 0 Å². The second-order valence-corrected chi connectivity index (χ2v) is 2.28. The van der Waals surface area contributed by atoms with Crippen LogP contribution >= 0.6 is 0 Å². The first kappa shape index (κ1) is 6.22. The van der Waals surface area contributed by atoms with E-state index in [2.05, 4.69) is 10.5 Å². The van der Waals surface area contributed by atoms with Crippen molar-refractivity contribution in [2.24, 2.45) is 0 Å². The van der Waals surface area contributed by atoms with Gasteiger partial charge in [-0.3, -0.25) is 0 Å². The van der Waals surface area contributed by atoms with E-state index in [0.717, 1.165) is 16.8 Å². The molecule has 0 saturated carbocycles. The van der Waals surface area contributed by atoms with Gasteiger partial charge in [0.05, 0.1) is 5.39 Å². The lowest BCUT2D eigenvalue weighted by atomic mass is 10.2. The second kappa shape index (κ2) is 2.27. The summed E-state index contributed by atoms with van der Waals surface area (Å²) >= 11 is 0. The van der Waals surface area contributed by atoms with Gasteiger partial charge in [0.2, 0.25) is 0 Å². The van der Waals surface area contributed by atoms with Crippen LogP contribution in [-0.4, -0.2) is 12.2 Å². The molecule has 1 N–H and O–H groups in total. The summed E-state index contributed by atoms with van der Waals surface area (Å²) in [4.78, 5) is 0. The van der Waals surface area contributed by atoms with Crippen LogP contribution in [0.5, 0.6) is 0 Å². The Kier molecular flexibility index (Phi) is 1.28. The summed E-state index contributed by atoms with van der Waals surface area (Å²) in [5.74, 6) is 0.792. The van der Waals surface area contributed by atoms with Crippen molar-refractivity contribution < 1.29 is 4.52 Å². The molecule has 0 atom stereocenters. The fourth-order valence-corrected chi connectivity index (χ4v) is 1.07. The van der Waals surface area contributed by atoms with Gasteiger partial charge in [-0.2, -0.15) is 0 Å². The van der Waals surface area contributed by atoms with Crippen LogP contribution in [-0.2, 0) is 0 Å². The maximum Gasteiger partial charge on any atom is 0.177 e. The smallest absolute Gasteiger partial charge is 0.177 e. The summed E-state index contributed by atoms with van der Waals surface area (Å²) in [7, 11) is 1.82. The molecule has 0 spiro atoms. The molecule has 2 aromatic rings. The first-order valence-electron chi connectivity index (χ1n) is 3.44. The van der Waals surface area contributed by atoms with Gasteiger partial charge in [-0.05, 0) is 12.1 Å². The number of nitrogens with one attached hydrogen (secondary N) is 1. The first-order valence-corrected chi connectivity index (χ1v) is 3.44. The molecule has 11 heavy (non-hydrogen) atoms. The second-order valence-electron chi connectivity index (χ2n) is 2.28. The first-order chi connectivity index (χ1) is 5.42. The summed E-state index contributed by atoms with van der Waals surface area (Å²) in [6, 6.07) is 7.74. The van der Waals surface area contributed by atoms with Crippen molar-refractivity contribution in [2.45, 2.75) is 0 Å². The third-order valence-electron chi connectivity index (χ3n) is 1.61. The molecule has 3 heteroatoms. The monoisotopic (exact) mass is 148 g/mol. The number of hydrogen-bond acceptors (Lipinski definition) is 3. The van der Waals surface area contributed by atoms with Gasteiger partial charge >= 0.3 is 0 Å². The fourth-order valence-electron chi connectivity index (χ4n) is 1.07. The van der Waals surface area contributed by atoms with Gasteiger partial charge in [-0.1, -0.05) is 17.3 Å². The third-order valence-corrected chi connectivity index (χ3v) is 1.61. The van der Waals surface area contributed by atoms with E-state index in [1.165, 1.54) is 0 Å². The van der Waals surface area contributed by atoms with Crippen molar-refractivity contribution in [1.29, 1.82) is 0 Å². The maximum atomic E-state index is 5.03. The lowest BCUT2D eigenvalue weighted by molar-refractivity contribution is 0.460. The highest BCUT2D eigenvalue weighted by Gasteiger charge is 2.02. The Bertz CT molecular complexity index is 367. The minimum atomic E-state index is 0.792. The van der Waals surface area contributed by atoms with Gasteiger partial charge in [0.25, 0.3) is 0 Å². The number of hydrogen-bond donors (Lipinski definition) is 1. The van der Waals surface area contributed by atoms with Crippen LogP contribution in [0, 0.1) is 0 Å². The van der Waals surface area contributed by atoms with Crippen LogP contribution in [0.1, 0.15) is 0 Å². The van der Waals surface area contributed by atoms with E-state index < -0.39 is 0 Å². The van der Waals surface area contributed by atoms with E-state index in [1.54, 1.807) is 0 Å². The van der Waals surface area contributed by atoms with Gasteiger partial charge < -0.3 is 9.84 Å². The highest BCUT2D eigenvalue weighted by molar-refractivity contribution is 5.87. The molecule has 0 aliphatic heterocycles. The quantitative estimate of drug-likeness (QED) is 0.670. The Balaban J connectivity index is 2.76. The Morgan fingerprint density at radius 2 is 2.18 bits per heavy atom. The average Bonchev–Trinajstić information content (AvgIpc) is 2.47. The molecule has 56 valence electrons. The minimum absolute atomic E-state index is 0.792. The Morgan fingerprint density at radius 1 is 1.36 bits per heavy atom. The topological polar surface area (TPSA) is 38.1 Å². The highest BCUT2D eigenvalue weighted by atomic mass is 16.5. The zero-order chi connectivity index (χ0) is 7.68. The van der Waals surface area contributed by atoms with Gasteiger partial charge in [-0.15, -0.1) is 0 Å². The minimum Gasteiger partial charge on any atom is -0.370 e. The van der Waals surface area contributed by atoms with Crippen molar-refractivity contribution in [2.75, 3.05) is 12.4 Å². The lowest BCUT2D eigenvalue weighted by Gasteiger charge is -1.89. The Morgan fingerprint density at radius 3 is 3.00 bits per heavy atom. The zero-order valence-electron chi connectivity index (χ0n) is 6.16. The molecule has 1 heterocycles. The Labute approximate surface area is 64.0 Å². The standard InChI is InChI=1S/C8H8N2O/c1-9-8-6-4-2-3-5-7(6)11-10-8/h2-5H,1H3,(H,9,10). The fraction of sp³-hybridized carbons (Fsp3) is 0.125. The van der Waals surface area contributed by atoms with Gasteiger partial charge in [0.15, 0.2) is 11.4 Å². The molecule has 2 rings (SSSR count). The molecule has 0 amide bonds. The van der Waals surface area contributed by atoms with Crippen LogP contribution in [0.3, 0.4) is 0 Å². The summed E-state index contributed by atoms with van der Waals surface area (Å²) < 4.78 is 5.03. The number of nitrogens with zero attached hydrogens (tertiary/aromatic N) is 1. The number of para-hydroxylation sites is 1. The predicted molar refractivity (Wildman–Crippen MR) is 43.6 cm³/mol. The molecule has 3 nitrogen and oxygen atoms in total. The van der Waals surface area contributed by atoms with E-state index in [1.807, 2.05) is 31.3 Å². The van der Waals surface area contributed by atoms with Crippen LogP contribution < -0.4 is 5.32 Å². The van der Waals surface area contributed by atoms with E-state index in [-0.39, 0.29) is 0 Å². The van der Waals surface area contributed by atoms with Crippen molar-refractivity contribution >= 4 is 16.8 Å². The molecule has 0 fully saturated rings. The maximum absolute atomic E-state index is 5.03. The van der Waals surface area contributed by atoms with Crippen LogP contribution in [0.2, 0.25) is 0 Å². The zero-order valence-corrected chi connectivity index (χ0v) is 6.16. The third kappa shape index (κ3) is 0.852. The van der Waals surface area contributed by atoms with E-state index in [9.17, 15) is 0 Å². The van der Waals surface area contributed by atoms with E-state index in [4.69, 9.17) is 4.52 Å². The molecule has 0 unspecified atom stereocenters. The molecular formula is C8H8N2O. The normalized spacial score (nSPS) is 10.3. The number of fused-ring (bicyclic) bond motifs is 1. The van der Waals surface area contributed by atoms with Gasteiger partial charge in [0.1, 0.15) is 0 Å². The average molecular weight is 148 g/mol. The molecule has 0 saturated heterocycles. The molecule has 1 aromatic heterocycles. The summed E-state index contributed by atoms with van der Waals surface area (Å²) in [6.07, 6.45) is 0. The highest BCUT2D eigenvalue weighted by Crippen LogP contribution is 2.20. The molecule has 1 aromatic carbocycles. The largest absolute Gasteiger partial charge is 0.370 e. The lowest BCUT2D eigenvalue weighted by Crippen LogP contribution is -1.86. The molecule has 0 radical (unpaired) electrons. The van der Waals surface area contributed by atoms with Gasteiger partial charge in [-0.25, -0.2) is 0 Å². The molecular weight excluding hydrogens is 140 g/mol. The molecule has 0 aliphatic carbocycles. The number of aromatic nitrogens is 1. The Hall–Kier alpha value is -1.51.